The maximum Gasteiger partial charge on any atom is 0.336 e. The van der Waals surface area contributed by atoms with Gasteiger partial charge in [0.05, 0.1) is 35.9 Å². The summed E-state index contributed by atoms with van der Waals surface area (Å²) in [4.78, 5) is 26.0. The molecule has 0 aromatic carbocycles. The lowest BCUT2D eigenvalue weighted by Gasteiger charge is -2.59. The molecule has 13 unspecified atom stereocenters. The van der Waals surface area contributed by atoms with Crippen LogP contribution in [-0.2, 0) is 23.8 Å². The summed E-state index contributed by atoms with van der Waals surface area (Å²) in [6, 6.07) is 0. The molecule has 2 saturated heterocycles. The van der Waals surface area contributed by atoms with E-state index >= 15 is 0 Å². The number of carbonyl (C=O) groups excluding carboxylic acids is 2. The molecule has 4 aliphatic carbocycles. The zero-order chi connectivity index (χ0) is 25.6. The van der Waals surface area contributed by atoms with Crippen LogP contribution in [0.5, 0.6) is 0 Å². The summed E-state index contributed by atoms with van der Waals surface area (Å²) in [6.07, 6.45) is 1.58. The highest BCUT2D eigenvalue weighted by atomic mass is 16.6. The van der Waals surface area contributed by atoms with Gasteiger partial charge in [-0.15, -0.1) is 0 Å². The molecule has 2 spiro atoms. The fraction of sp³-hybridized carbons (Fsp3) is 0.857. The van der Waals surface area contributed by atoms with Crippen molar-refractivity contribution in [2.75, 3.05) is 6.61 Å². The van der Waals surface area contributed by atoms with Gasteiger partial charge in [-0.3, -0.25) is 4.79 Å². The van der Waals surface area contributed by atoms with Crippen LogP contribution in [0.4, 0.5) is 0 Å². The molecule has 8 heteroatoms. The molecule has 7 aliphatic rings. The van der Waals surface area contributed by atoms with Crippen LogP contribution in [0.3, 0.4) is 0 Å². The van der Waals surface area contributed by atoms with Crippen molar-refractivity contribution in [3.63, 3.8) is 0 Å². The molecule has 3 N–H and O–H groups in total. The predicted molar refractivity (Wildman–Crippen MR) is 125 cm³/mol. The molecule has 0 radical (unpaired) electrons. The Morgan fingerprint density at radius 2 is 1.72 bits per heavy atom. The normalized spacial score (nSPS) is 57.6. The van der Waals surface area contributed by atoms with Crippen LogP contribution in [-0.4, -0.2) is 75.4 Å². The number of rotatable bonds is 3. The lowest BCUT2D eigenvalue weighted by atomic mass is 9.43. The van der Waals surface area contributed by atoms with E-state index in [-0.39, 0.29) is 65.9 Å². The molecule has 13 atom stereocenters. The molecule has 6 fully saturated rings. The van der Waals surface area contributed by atoms with Gasteiger partial charge in [-0.2, -0.15) is 0 Å². The number of carbonyl (C=O) groups is 2. The van der Waals surface area contributed by atoms with Crippen LogP contribution >= 0.6 is 0 Å². The Morgan fingerprint density at radius 1 is 1.03 bits per heavy atom. The van der Waals surface area contributed by atoms with E-state index in [4.69, 9.17) is 14.2 Å². The number of ether oxygens (including phenoxy) is 3. The minimum atomic E-state index is -1.07. The molecule has 3 heterocycles. The summed E-state index contributed by atoms with van der Waals surface area (Å²) >= 11 is 0. The molecule has 0 aromatic heterocycles. The van der Waals surface area contributed by atoms with Crippen molar-refractivity contribution in [3.05, 3.63) is 11.1 Å². The van der Waals surface area contributed by atoms with Gasteiger partial charge in [-0.25, -0.2) is 4.79 Å². The van der Waals surface area contributed by atoms with Gasteiger partial charge in [0, 0.05) is 18.3 Å². The quantitative estimate of drug-likeness (QED) is 0.393. The summed E-state index contributed by atoms with van der Waals surface area (Å²) in [7, 11) is 0. The highest BCUT2D eigenvalue weighted by Crippen LogP contribution is 2.80. The number of aliphatic hydroxyl groups is 3. The fourth-order valence-electron chi connectivity index (χ4n) is 10.4. The van der Waals surface area contributed by atoms with E-state index in [1.807, 2.05) is 13.8 Å². The van der Waals surface area contributed by atoms with Crippen LogP contribution in [0, 0.1) is 34.5 Å². The third-order valence-electron chi connectivity index (χ3n) is 12.4. The minimum absolute atomic E-state index is 0.00804. The first-order valence-corrected chi connectivity index (χ1v) is 13.7. The number of epoxide rings is 2. The second-order valence-corrected chi connectivity index (χ2v) is 13.3. The van der Waals surface area contributed by atoms with Crippen LogP contribution in [0.25, 0.3) is 0 Å². The Morgan fingerprint density at radius 3 is 2.42 bits per heavy atom. The van der Waals surface area contributed by atoms with Gasteiger partial charge in [-0.1, -0.05) is 19.4 Å². The molecule has 0 amide bonds. The summed E-state index contributed by atoms with van der Waals surface area (Å²) in [5, 5.41) is 30.9. The van der Waals surface area contributed by atoms with Gasteiger partial charge in [0.25, 0.3) is 0 Å². The number of hydrogen-bond acceptors (Lipinski definition) is 8. The lowest BCUT2D eigenvalue weighted by Crippen LogP contribution is -2.69. The van der Waals surface area contributed by atoms with Crippen LogP contribution in [0.1, 0.15) is 66.2 Å². The van der Waals surface area contributed by atoms with Crippen molar-refractivity contribution in [2.24, 2.45) is 34.5 Å². The molecular weight excluding hydrogens is 464 g/mol. The van der Waals surface area contributed by atoms with Gasteiger partial charge in [-0.05, 0) is 63.2 Å². The maximum atomic E-state index is 13.5. The van der Waals surface area contributed by atoms with E-state index in [0.29, 0.717) is 17.9 Å². The molecule has 4 saturated carbocycles. The maximum absolute atomic E-state index is 13.5. The number of ketones is 1. The third kappa shape index (κ3) is 2.41. The van der Waals surface area contributed by atoms with E-state index < -0.39 is 29.2 Å². The summed E-state index contributed by atoms with van der Waals surface area (Å²) in [6.45, 7) is 8.12. The molecule has 198 valence electrons. The number of hydrogen-bond donors (Lipinski definition) is 3. The number of cyclic esters (lactones) is 1. The largest absolute Gasteiger partial charge is 0.458 e. The number of Topliss-reactive ketones (excluding diaryl/α,β-unsaturated/α-hetero) is 1. The van der Waals surface area contributed by atoms with Crippen molar-refractivity contribution in [3.8, 4) is 0 Å². The number of esters is 1. The first kappa shape index (κ1) is 23.8. The van der Waals surface area contributed by atoms with Gasteiger partial charge in [0.1, 0.15) is 29.2 Å². The van der Waals surface area contributed by atoms with Crippen molar-refractivity contribution in [1.29, 1.82) is 0 Å². The third-order valence-corrected chi connectivity index (χ3v) is 12.4. The van der Waals surface area contributed by atoms with Gasteiger partial charge in [0.2, 0.25) is 0 Å². The topological polar surface area (TPSA) is 129 Å². The van der Waals surface area contributed by atoms with Crippen molar-refractivity contribution in [2.45, 2.75) is 108 Å². The SMILES string of the molecule is CC1=C(CO)C(=O)OC(C(C)C2CC3OC34C3CC5OC56C(O)C(O)CC(=O)C6(C)C3CCC24C)C1. The first-order chi connectivity index (χ1) is 17.0. The highest BCUT2D eigenvalue weighted by molar-refractivity contribution is 5.90. The molecule has 8 nitrogen and oxygen atoms in total. The fourth-order valence-corrected chi connectivity index (χ4v) is 10.4. The van der Waals surface area contributed by atoms with Crippen LogP contribution in [0.2, 0.25) is 0 Å². The Hall–Kier alpha value is -1.32. The average Bonchev–Trinajstić information content (AvgIpc) is 3.72. The summed E-state index contributed by atoms with van der Waals surface area (Å²) in [5.74, 6) is 0.263. The van der Waals surface area contributed by atoms with E-state index in [2.05, 4.69) is 13.8 Å². The first-order valence-electron chi connectivity index (χ1n) is 13.7. The summed E-state index contributed by atoms with van der Waals surface area (Å²) in [5.41, 5.74) is -0.929. The zero-order valence-corrected chi connectivity index (χ0v) is 21.5. The van der Waals surface area contributed by atoms with Crippen molar-refractivity contribution in [1.82, 2.24) is 0 Å². The second kappa shape index (κ2) is 7.00. The van der Waals surface area contributed by atoms with Crippen LogP contribution in [0.15, 0.2) is 11.1 Å². The van der Waals surface area contributed by atoms with Gasteiger partial charge >= 0.3 is 5.97 Å². The molecular formula is C28H38O8. The molecule has 0 aromatic rings. The summed E-state index contributed by atoms with van der Waals surface area (Å²) < 4.78 is 18.7. The average molecular weight is 503 g/mol. The van der Waals surface area contributed by atoms with E-state index in [1.54, 1.807) is 0 Å². The Balaban J connectivity index is 1.20. The van der Waals surface area contributed by atoms with Crippen molar-refractivity contribution < 1.29 is 39.1 Å². The predicted octanol–water partition coefficient (Wildman–Crippen LogP) is 1.68. The Bertz CT molecular complexity index is 1090. The Kier molecular flexibility index (Phi) is 4.62. The smallest absolute Gasteiger partial charge is 0.336 e. The number of aliphatic hydroxyl groups excluding tert-OH is 3. The molecule has 0 bridgehead atoms. The molecule has 7 rings (SSSR count). The van der Waals surface area contributed by atoms with E-state index in [1.165, 1.54) is 0 Å². The van der Waals surface area contributed by atoms with Crippen molar-refractivity contribution >= 4 is 11.8 Å². The Labute approximate surface area is 211 Å². The second-order valence-electron chi connectivity index (χ2n) is 13.3. The highest BCUT2D eigenvalue weighted by Gasteiger charge is 2.88. The minimum Gasteiger partial charge on any atom is -0.458 e. The lowest BCUT2D eigenvalue weighted by molar-refractivity contribution is -0.185. The van der Waals surface area contributed by atoms with Gasteiger partial charge in [0.15, 0.2) is 0 Å². The van der Waals surface area contributed by atoms with E-state index in [0.717, 1.165) is 31.3 Å². The van der Waals surface area contributed by atoms with Gasteiger partial charge < -0.3 is 29.5 Å². The monoisotopic (exact) mass is 502 g/mol. The molecule has 3 aliphatic heterocycles. The molecule has 36 heavy (non-hydrogen) atoms. The van der Waals surface area contributed by atoms with E-state index in [9.17, 15) is 24.9 Å². The number of fused-ring (bicyclic) bond motifs is 2. The van der Waals surface area contributed by atoms with Crippen LogP contribution < -0.4 is 0 Å². The zero-order valence-electron chi connectivity index (χ0n) is 21.5. The standard InChI is InChI=1S/C28H38O8/c1-12-7-19(34-24(33)14(12)11-29)13(2)16-8-21-27(35-21)17-9-22-28(36-22)23(32)18(30)10-20(31)26(28,4)15(17)5-6-25(16,27)3/h13,15-19,21-23,29-30,32H,5-11H2,1-4H3.